The van der Waals surface area contributed by atoms with Gasteiger partial charge in [-0.15, -0.1) is 0 Å². The molecule has 1 aliphatic carbocycles. The molecule has 170 valence electrons. The zero-order chi connectivity index (χ0) is 22.7. The summed E-state index contributed by atoms with van der Waals surface area (Å²) >= 11 is 0. The average Bonchev–Trinajstić information content (AvgIpc) is 3.41. The fourth-order valence-electron chi connectivity index (χ4n) is 4.77. The molecule has 9 heteroatoms. The number of nitrogens with zero attached hydrogens (tertiary/aromatic N) is 4. The Labute approximate surface area is 188 Å². The molecule has 0 unspecified atom stereocenters. The summed E-state index contributed by atoms with van der Waals surface area (Å²) in [5.41, 5.74) is 2.27. The topological polar surface area (TPSA) is 87.3 Å². The smallest absolute Gasteiger partial charge is 0.195 e. The van der Waals surface area contributed by atoms with Gasteiger partial charge in [0.05, 0.1) is 16.7 Å². The highest BCUT2D eigenvalue weighted by Crippen LogP contribution is 2.36. The number of rotatable bonds is 4. The number of aryl methyl sites for hydroxylation is 1. The van der Waals surface area contributed by atoms with E-state index in [1.807, 2.05) is 18.2 Å². The summed E-state index contributed by atoms with van der Waals surface area (Å²) in [6.45, 7) is 3.34. The molecule has 4 aromatic rings. The molecule has 4 heterocycles. The number of phenolic OH excluding ortho intramolecular Hbond substituents is 1. The van der Waals surface area contributed by atoms with Crippen LogP contribution in [-0.4, -0.2) is 51.4 Å². The number of benzene rings is 1. The lowest BCUT2D eigenvalue weighted by molar-refractivity contribution is 0.148. The van der Waals surface area contributed by atoms with E-state index in [1.54, 1.807) is 19.1 Å². The van der Waals surface area contributed by atoms with Crippen LogP contribution in [0.15, 0.2) is 34.7 Å². The molecule has 1 saturated heterocycles. The van der Waals surface area contributed by atoms with E-state index in [-0.39, 0.29) is 16.7 Å². The van der Waals surface area contributed by atoms with Crippen molar-refractivity contribution in [1.29, 1.82) is 0 Å². The Morgan fingerprint density at radius 3 is 2.70 bits per heavy atom. The Kier molecular flexibility index (Phi) is 4.69. The average molecular weight is 451 g/mol. The van der Waals surface area contributed by atoms with Crippen molar-refractivity contribution >= 4 is 28.0 Å². The molecule has 0 radical (unpaired) electrons. The predicted octanol–water partition coefficient (Wildman–Crippen LogP) is 4.26. The Hall–Kier alpha value is -3.33. The van der Waals surface area contributed by atoms with Crippen LogP contribution in [0.3, 0.4) is 0 Å². The number of aromatic hydroxyl groups is 1. The molecule has 6 rings (SSSR count). The van der Waals surface area contributed by atoms with Gasteiger partial charge in [-0.1, -0.05) is 0 Å². The van der Waals surface area contributed by atoms with Crippen molar-refractivity contribution < 1.29 is 18.3 Å². The second kappa shape index (κ2) is 7.62. The number of pyridine rings is 2. The molecule has 33 heavy (non-hydrogen) atoms. The van der Waals surface area contributed by atoms with Gasteiger partial charge in [0.15, 0.2) is 23.0 Å². The Balaban J connectivity index is 1.26. The Bertz CT molecular complexity index is 1370. The Morgan fingerprint density at radius 2 is 1.88 bits per heavy atom. The third kappa shape index (κ3) is 3.56. The van der Waals surface area contributed by atoms with Crippen LogP contribution in [0.4, 0.5) is 14.6 Å². The molecular formula is C24H23F2N5O2. The number of halogens is 2. The van der Waals surface area contributed by atoms with Crippen molar-refractivity contribution in [1.82, 2.24) is 20.3 Å². The molecule has 1 aromatic carbocycles. The molecule has 2 N–H and O–H groups in total. The minimum Gasteiger partial charge on any atom is -0.504 e. The van der Waals surface area contributed by atoms with Crippen LogP contribution < -0.4 is 10.2 Å². The minimum atomic E-state index is -0.823. The Morgan fingerprint density at radius 1 is 1.09 bits per heavy atom. The lowest BCUT2D eigenvalue weighted by atomic mass is 9.90. The zero-order valence-corrected chi connectivity index (χ0v) is 18.1. The van der Waals surface area contributed by atoms with Gasteiger partial charge in [-0.2, -0.15) is 0 Å². The molecule has 1 aliphatic heterocycles. The van der Waals surface area contributed by atoms with Gasteiger partial charge in [0, 0.05) is 37.7 Å². The molecule has 2 fully saturated rings. The number of phenols is 1. The third-order valence-electron chi connectivity index (χ3n) is 6.57. The van der Waals surface area contributed by atoms with Crippen LogP contribution in [0.2, 0.25) is 0 Å². The first kappa shape index (κ1) is 20.3. The normalized spacial score (nSPS) is 22.9. The van der Waals surface area contributed by atoms with Crippen molar-refractivity contribution in [2.45, 2.75) is 44.4 Å². The van der Waals surface area contributed by atoms with Crippen molar-refractivity contribution in [3.05, 3.63) is 42.0 Å². The standard InChI is InChI=1S/C24H23F2N5O2/c1-12-27-23-20(33-12)10-16(24(32)22(23)26)17-2-3-19-18(29-17)4-5-21(30-19)31-7-6-14(11-31)28-15-8-13(25)9-15/h2-5,10,13-15,28,32H,6-9,11H2,1H3/t13-,14-,15+/m0/s1. The van der Waals surface area contributed by atoms with Crippen LogP contribution >= 0.6 is 0 Å². The number of hydrogen-bond donors (Lipinski definition) is 2. The summed E-state index contributed by atoms with van der Waals surface area (Å²) in [4.78, 5) is 15.5. The fourth-order valence-corrected chi connectivity index (χ4v) is 4.77. The van der Waals surface area contributed by atoms with E-state index < -0.39 is 17.7 Å². The van der Waals surface area contributed by atoms with Crippen LogP contribution in [0.1, 0.15) is 25.2 Å². The van der Waals surface area contributed by atoms with Crippen molar-refractivity contribution in [3.63, 3.8) is 0 Å². The van der Waals surface area contributed by atoms with Gasteiger partial charge in [0.25, 0.3) is 0 Å². The van der Waals surface area contributed by atoms with E-state index in [9.17, 15) is 13.9 Å². The third-order valence-corrected chi connectivity index (χ3v) is 6.57. The molecule has 7 nitrogen and oxygen atoms in total. The van der Waals surface area contributed by atoms with E-state index in [0.717, 1.165) is 25.3 Å². The molecular weight excluding hydrogens is 428 g/mol. The van der Waals surface area contributed by atoms with Crippen molar-refractivity contribution in [2.24, 2.45) is 0 Å². The van der Waals surface area contributed by atoms with Gasteiger partial charge in [-0.3, -0.25) is 0 Å². The lowest BCUT2D eigenvalue weighted by Gasteiger charge is -2.33. The maximum absolute atomic E-state index is 14.6. The molecule has 0 bridgehead atoms. The summed E-state index contributed by atoms with van der Waals surface area (Å²) in [5, 5.41) is 13.9. The number of hydrogen-bond acceptors (Lipinski definition) is 7. The number of oxazole rings is 1. The van der Waals surface area contributed by atoms with Crippen LogP contribution in [0.5, 0.6) is 5.75 Å². The first-order valence-electron chi connectivity index (χ1n) is 11.2. The maximum Gasteiger partial charge on any atom is 0.195 e. The summed E-state index contributed by atoms with van der Waals surface area (Å²) in [7, 11) is 0. The monoisotopic (exact) mass is 451 g/mol. The summed E-state index contributed by atoms with van der Waals surface area (Å²) in [6.07, 6.45) is 1.57. The van der Waals surface area contributed by atoms with Crippen LogP contribution in [0, 0.1) is 12.7 Å². The van der Waals surface area contributed by atoms with E-state index in [4.69, 9.17) is 9.40 Å². The van der Waals surface area contributed by atoms with E-state index in [2.05, 4.69) is 20.2 Å². The molecule has 1 atom stereocenters. The highest BCUT2D eigenvalue weighted by Gasteiger charge is 2.33. The van der Waals surface area contributed by atoms with Crippen molar-refractivity contribution in [3.8, 4) is 17.0 Å². The zero-order valence-electron chi connectivity index (χ0n) is 18.1. The number of nitrogens with one attached hydrogen (secondary N) is 1. The van der Waals surface area contributed by atoms with Gasteiger partial charge in [0.2, 0.25) is 0 Å². The van der Waals surface area contributed by atoms with Crippen LogP contribution in [0.25, 0.3) is 33.4 Å². The number of anilines is 1. The predicted molar refractivity (Wildman–Crippen MR) is 121 cm³/mol. The van der Waals surface area contributed by atoms with Gasteiger partial charge >= 0.3 is 0 Å². The van der Waals surface area contributed by atoms with Gasteiger partial charge < -0.3 is 19.7 Å². The summed E-state index contributed by atoms with van der Waals surface area (Å²) in [6, 6.07) is 9.51. The van der Waals surface area contributed by atoms with Gasteiger partial charge in [-0.05, 0) is 49.6 Å². The first-order valence-corrected chi connectivity index (χ1v) is 11.2. The highest BCUT2D eigenvalue weighted by molar-refractivity contribution is 5.87. The molecule has 2 aliphatic rings. The van der Waals surface area contributed by atoms with E-state index in [1.165, 1.54) is 0 Å². The molecule has 0 amide bonds. The highest BCUT2D eigenvalue weighted by atomic mass is 19.1. The number of fused-ring (bicyclic) bond motifs is 2. The number of alkyl halides is 1. The largest absolute Gasteiger partial charge is 0.504 e. The molecule has 3 aromatic heterocycles. The molecule has 0 spiro atoms. The van der Waals surface area contributed by atoms with E-state index >= 15 is 0 Å². The quantitative estimate of drug-likeness (QED) is 0.479. The summed E-state index contributed by atoms with van der Waals surface area (Å²) in [5.74, 6) is -0.141. The lowest BCUT2D eigenvalue weighted by Crippen LogP contribution is -2.48. The maximum atomic E-state index is 14.6. The minimum absolute atomic E-state index is 0.000995. The van der Waals surface area contributed by atoms with Gasteiger partial charge in [0.1, 0.15) is 17.5 Å². The second-order valence-corrected chi connectivity index (χ2v) is 8.93. The second-order valence-electron chi connectivity index (χ2n) is 8.93. The fraction of sp³-hybridized carbons (Fsp3) is 0.375. The first-order chi connectivity index (χ1) is 15.9. The van der Waals surface area contributed by atoms with E-state index in [0.29, 0.717) is 47.5 Å². The van der Waals surface area contributed by atoms with Gasteiger partial charge in [-0.25, -0.2) is 23.7 Å². The summed E-state index contributed by atoms with van der Waals surface area (Å²) < 4.78 is 33.1. The number of aromatic nitrogens is 3. The van der Waals surface area contributed by atoms with Crippen molar-refractivity contribution in [2.75, 3.05) is 18.0 Å². The SMILES string of the molecule is Cc1nc2c(F)c(O)c(-c3ccc4nc(N5CC[C@H](N[C@H]6C[C@@H](F)C6)C5)ccc4n3)cc2o1. The van der Waals surface area contributed by atoms with Crippen LogP contribution in [-0.2, 0) is 0 Å². The molecule has 1 saturated carbocycles.